The van der Waals surface area contributed by atoms with Gasteiger partial charge in [0, 0.05) is 38.5 Å². The largest absolute Gasteiger partial charge is 0.457 e. The van der Waals surface area contributed by atoms with Gasteiger partial charge in [0.15, 0.2) is 23.3 Å². The first-order valence-corrected chi connectivity index (χ1v) is 13.7. The van der Waals surface area contributed by atoms with Crippen molar-refractivity contribution < 1.29 is 30.4 Å². The first-order valence-electron chi connectivity index (χ1n) is 13.3. The summed E-state index contributed by atoms with van der Waals surface area (Å²) in [6, 6.07) is 26.0. The van der Waals surface area contributed by atoms with E-state index in [9.17, 15) is 4.79 Å². The van der Waals surface area contributed by atoms with Crippen molar-refractivity contribution in [3.8, 4) is 0 Å². The molecule has 1 aliphatic heterocycles. The van der Waals surface area contributed by atoms with Crippen molar-refractivity contribution in [1.82, 2.24) is 0 Å². The van der Waals surface area contributed by atoms with Gasteiger partial charge in [0.1, 0.15) is 6.61 Å². The van der Waals surface area contributed by atoms with Crippen LogP contribution in [0.5, 0.6) is 0 Å². The van der Waals surface area contributed by atoms with Gasteiger partial charge < -0.3 is 54.2 Å². The van der Waals surface area contributed by atoms with E-state index in [2.05, 4.69) is 20.6 Å². The third-order valence-corrected chi connectivity index (χ3v) is 6.35. The maximum Gasteiger partial charge on any atom is 0.338 e. The molecule has 47 heavy (non-hydrogen) atoms. The minimum Gasteiger partial charge on any atom is -0.457 e. The molecule has 0 saturated carbocycles. The predicted molar refractivity (Wildman–Crippen MR) is 179 cm³/mol. The van der Waals surface area contributed by atoms with Crippen LogP contribution in [0.3, 0.4) is 0 Å². The van der Waals surface area contributed by atoms with Gasteiger partial charge in [-0.25, -0.2) is 4.79 Å². The second kappa shape index (κ2) is 18.4. The molecule has 0 aromatic heterocycles. The van der Waals surface area contributed by atoms with Gasteiger partial charge in [-0.05, 0) is 61.5 Å². The molecular weight excluding hydrogens is 630 g/mol. The Bertz CT molecular complexity index is 1780. The fourth-order valence-electron chi connectivity index (χ4n) is 3.68. The van der Waals surface area contributed by atoms with E-state index in [1.807, 2.05) is 25.1 Å². The Hall–Kier alpha value is -6.48. The van der Waals surface area contributed by atoms with Gasteiger partial charge in [-0.15, -0.1) is 0 Å². The zero-order valence-electron chi connectivity index (χ0n) is 25.0. The Labute approximate surface area is 274 Å². The maximum atomic E-state index is 11.1. The number of halogens is 1. The van der Waals surface area contributed by atoms with Crippen LogP contribution in [0, 0.1) is 6.92 Å². The molecule has 14 N–H and O–H groups in total. The SMILES string of the molecule is Cc1cccc(/C(N)=N/O)c1.N/C(=N/O)c1ccc2c(c1)COC2=O.N/C(=N\O)c1ccc(Cl)cc1.N/C(=N\O)c1ccccc1N. The van der Waals surface area contributed by atoms with Gasteiger partial charge in [0.2, 0.25) is 0 Å². The number of nitrogens with zero attached hydrogens (tertiary/aromatic N) is 4. The quantitative estimate of drug-likeness (QED) is 0.0381. The first-order chi connectivity index (χ1) is 22.4. The van der Waals surface area contributed by atoms with Crippen molar-refractivity contribution in [1.29, 1.82) is 0 Å². The summed E-state index contributed by atoms with van der Waals surface area (Å²) in [6.45, 7) is 2.20. The summed E-state index contributed by atoms with van der Waals surface area (Å²) in [4.78, 5) is 11.1. The summed E-state index contributed by atoms with van der Waals surface area (Å²) in [5.41, 5.74) is 32.3. The van der Waals surface area contributed by atoms with Crippen LogP contribution in [0.1, 0.15) is 43.7 Å². The number of anilines is 1. The monoisotopic (exact) mass is 663 g/mol. The molecule has 4 aromatic carbocycles. The number of rotatable bonds is 4. The van der Waals surface area contributed by atoms with E-state index >= 15 is 0 Å². The lowest BCUT2D eigenvalue weighted by molar-refractivity contribution is 0.0535. The number of amidine groups is 4. The highest BCUT2D eigenvalue weighted by Gasteiger charge is 2.21. The number of cyclic esters (lactones) is 1. The van der Waals surface area contributed by atoms with E-state index in [1.165, 1.54) is 0 Å². The Morgan fingerprint density at radius 3 is 1.77 bits per heavy atom. The second-order valence-electron chi connectivity index (χ2n) is 9.35. The van der Waals surface area contributed by atoms with Gasteiger partial charge >= 0.3 is 5.97 Å². The molecule has 0 atom stereocenters. The summed E-state index contributed by atoms with van der Waals surface area (Å²) in [7, 11) is 0. The van der Waals surface area contributed by atoms with Gasteiger partial charge in [-0.1, -0.05) is 74.2 Å². The highest BCUT2D eigenvalue weighted by molar-refractivity contribution is 6.30. The molecule has 1 aliphatic rings. The number of hydrogen-bond donors (Lipinski definition) is 9. The van der Waals surface area contributed by atoms with E-state index in [0.717, 1.165) is 16.7 Å². The zero-order valence-corrected chi connectivity index (χ0v) is 25.8. The normalized spacial score (nSPS) is 12.6. The molecule has 0 amide bonds. The molecule has 5 rings (SSSR count). The molecule has 16 heteroatoms. The smallest absolute Gasteiger partial charge is 0.338 e. The number of fused-ring (bicyclic) bond motifs is 1. The average Bonchev–Trinajstić information content (AvgIpc) is 3.47. The lowest BCUT2D eigenvalue weighted by atomic mass is 10.1. The Morgan fingerprint density at radius 1 is 0.681 bits per heavy atom. The maximum absolute atomic E-state index is 11.1. The number of nitrogen functional groups attached to an aromatic ring is 1. The zero-order chi connectivity index (χ0) is 34.9. The van der Waals surface area contributed by atoms with Gasteiger partial charge in [-0.3, -0.25) is 0 Å². The van der Waals surface area contributed by atoms with Crippen LogP contribution in [0.25, 0.3) is 0 Å². The van der Waals surface area contributed by atoms with Crippen molar-refractivity contribution in [3.05, 3.63) is 135 Å². The molecule has 0 radical (unpaired) electrons. The Morgan fingerprint density at radius 2 is 1.21 bits per heavy atom. The minimum absolute atomic E-state index is 0.0205. The first kappa shape index (κ1) is 36.7. The van der Waals surface area contributed by atoms with E-state index in [4.69, 9.17) is 65.8 Å². The van der Waals surface area contributed by atoms with Crippen molar-refractivity contribution in [2.24, 2.45) is 43.6 Å². The molecule has 0 unspecified atom stereocenters. The van der Waals surface area contributed by atoms with Crippen LogP contribution >= 0.6 is 11.6 Å². The van der Waals surface area contributed by atoms with Crippen molar-refractivity contribution in [2.75, 3.05) is 5.73 Å². The number of oxime groups is 4. The summed E-state index contributed by atoms with van der Waals surface area (Å²) in [5, 5.41) is 45.5. The third kappa shape index (κ3) is 11.2. The number of aryl methyl sites for hydroxylation is 1. The Kier molecular flexibility index (Phi) is 14.3. The van der Waals surface area contributed by atoms with E-state index in [1.54, 1.807) is 72.8 Å². The van der Waals surface area contributed by atoms with Crippen molar-refractivity contribution >= 4 is 46.6 Å². The number of benzene rings is 4. The third-order valence-electron chi connectivity index (χ3n) is 6.10. The van der Waals surface area contributed by atoms with Gasteiger partial charge in [-0.2, -0.15) is 0 Å². The predicted octanol–water partition coefficient (Wildman–Crippen LogP) is 3.34. The van der Waals surface area contributed by atoms with Crippen LogP contribution < -0.4 is 28.7 Å². The van der Waals surface area contributed by atoms with Crippen LogP contribution in [0.15, 0.2) is 112 Å². The molecule has 0 saturated heterocycles. The fraction of sp³-hybridized carbons (Fsp3) is 0.0645. The summed E-state index contributed by atoms with van der Waals surface area (Å²) < 4.78 is 4.81. The number of carbonyl (C=O) groups is 1. The van der Waals surface area contributed by atoms with Crippen LogP contribution in [-0.2, 0) is 11.3 Å². The lowest BCUT2D eigenvalue weighted by Crippen LogP contribution is -2.14. The molecule has 0 aliphatic carbocycles. The van der Waals surface area contributed by atoms with E-state index < -0.39 is 0 Å². The molecule has 4 aromatic rings. The lowest BCUT2D eigenvalue weighted by Gasteiger charge is -2.00. The minimum atomic E-state index is -0.328. The second-order valence-corrected chi connectivity index (χ2v) is 9.79. The van der Waals surface area contributed by atoms with Crippen molar-refractivity contribution in [2.45, 2.75) is 13.5 Å². The highest BCUT2D eigenvalue weighted by atomic mass is 35.5. The summed E-state index contributed by atoms with van der Waals surface area (Å²) in [6.07, 6.45) is 0. The van der Waals surface area contributed by atoms with Crippen LogP contribution in [0.4, 0.5) is 5.69 Å². The Balaban J connectivity index is 0.000000219. The number of ether oxygens (including phenoxy) is 1. The molecule has 246 valence electrons. The van der Waals surface area contributed by atoms with Gasteiger partial charge in [0.05, 0.1) is 5.56 Å². The van der Waals surface area contributed by atoms with Crippen LogP contribution in [0.2, 0.25) is 5.02 Å². The molecule has 1 heterocycles. The van der Waals surface area contributed by atoms with Crippen LogP contribution in [-0.4, -0.2) is 50.1 Å². The number of esters is 1. The number of hydrogen-bond acceptors (Lipinski definition) is 11. The average molecular weight is 664 g/mol. The summed E-state index contributed by atoms with van der Waals surface area (Å²) >= 11 is 5.62. The molecular formula is C31H34ClN9O6. The summed E-state index contributed by atoms with van der Waals surface area (Å²) in [5.74, 6) is -0.0447. The van der Waals surface area contributed by atoms with E-state index in [0.29, 0.717) is 33.0 Å². The standard InChI is InChI=1S/C9H8N2O3.C8H10N2O.C7H7ClN2O.C7H9N3O/c10-8(11-13)5-1-2-7-6(3-5)4-14-9(7)12;1-6-3-2-4-7(5-6)8(9)10-11;8-6-3-1-5(2-4-6)7(9)10-11;8-6-4-2-1-3-5(6)7(9)10-11/h1-3,13H,4H2,(H2,10,11);2-5,11H,1H3,(H2,9,10);1-4,11H,(H2,9,10);1-4,11H,8H2,(H2,9,10). The highest BCUT2D eigenvalue weighted by Crippen LogP contribution is 2.20. The molecule has 0 spiro atoms. The van der Waals surface area contributed by atoms with E-state index in [-0.39, 0.29) is 35.9 Å². The number of nitrogens with two attached hydrogens (primary N) is 5. The van der Waals surface area contributed by atoms with Crippen molar-refractivity contribution in [3.63, 3.8) is 0 Å². The number of para-hydroxylation sites is 1. The topological polar surface area (TPSA) is 287 Å². The molecule has 0 bridgehead atoms. The number of carbonyl (C=O) groups excluding carboxylic acids is 1. The van der Waals surface area contributed by atoms with Gasteiger partial charge in [0.25, 0.3) is 0 Å². The fourth-order valence-corrected chi connectivity index (χ4v) is 3.80. The molecule has 15 nitrogen and oxygen atoms in total. The molecule has 0 fully saturated rings.